The van der Waals surface area contributed by atoms with Crippen LogP contribution >= 0.6 is 11.6 Å². The Bertz CT molecular complexity index is 1390. The van der Waals surface area contributed by atoms with Gasteiger partial charge in [-0.25, -0.2) is 0 Å². The predicted octanol–water partition coefficient (Wildman–Crippen LogP) is 6.95. The molecule has 1 amide bonds. The van der Waals surface area contributed by atoms with Crippen molar-refractivity contribution in [2.75, 3.05) is 13.1 Å². The molecule has 0 radical (unpaired) electrons. The van der Waals surface area contributed by atoms with E-state index in [1.54, 1.807) is 24.3 Å². The van der Waals surface area contributed by atoms with E-state index in [9.17, 15) is 9.90 Å². The molecular weight excluding hydrogens is 476 g/mol. The van der Waals surface area contributed by atoms with E-state index >= 15 is 0 Å². The average molecular weight is 503 g/mol. The molecular formula is C28H27ClN4O3. The Morgan fingerprint density at radius 3 is 2.53 bits per heavy atom. The molecule has 7 nitrogen and oxygen atoms in total. The zero-order chi connectivity index (χ0) is 24.9. The number of carbonyl (C=O) groups excluding carboxylic acids is 1. The zero-order valence-electron chi connectivity index (χ0n) is 19.8. The topological polar surface area (TPSA) is 79.4 Å². The van der Waals surface area contributed by atoms with Crippen molar-refractivity contribution in [3.8, 4) is 11.6 Å². The van der Waals surface area contributed by atoms with Gasteiger partial charge < -0.3 is 9.84 Å². The second kappa shape index (κ2) is 10.9. The fraction of sp³-hybridized carbons (Fsp3) is 0.250. The van der Waals surface area contributed by atoms with E-state index in [4.69, 9.17) is 16.3 Å². The van der Waals surface area contributed by atoms with Crippen LogP contribution in [0, 0.1) is 0 Å². The molecule has 5 rings (SSSR count). The number of nitrogens with zero attached hydrogens (tertiary/aromatic N) is 4. The smallest absolute Gasteiger partial charge is 0.295 e. The molecule has 184 valence electrons. The summed E-state index contributed by atoms with van der Waals surface area (Å²) in [7, 11) is 0. The fourth-order valence-corrected chi connectivity index (χ4v) is 4.67. The van der Waals surface area contributed by atoms with E-state index in [1.807, 2.05) is 53.1 Å². The molecule has 1 fully saturated rings. The minimum Gasteiger partial charge on any atom is -0.493 e. The van der Waals surface area contributed by atoms with Crippen LogP contribution in [0.15, 0.2) is 83.0 Å². The van der Waals surface area contributed by atoms with Gasteiger partial charge in [-0.05, 0) is 74.0 Å². The highest BCUT2D eigenvalue weighted by Gasteiger charge is 2.20. The highest BCUT2D eigenvalue weighted by molar-refractivity contribution is 6.30. The summed E-state index contributed by atoms with van der Waals surface area (Å²) in [5.41, 5.74) is 2.50. The maximum Gasteiger partial charge on any atom is 0.295 e. The van der Waals surface area contributed by atoms with Crippen LogP contribution in [0.1, 0.15) is 35.2 Å². The van der Waals surface area contributed by atoms with Crippen LogP contribution in [0.4, 0.5) is 5.69 Å². The van der Waals surface area contributed by atoms with E-state index < -0.39 is 5.91 Å². The highest BCUT2D eigenvalue weighted by Crippen LogP contribution is 2.39. The summed E-state index contributed by atoms with van der Waals surface area (Å²) < 4.78 is 7.62. The second-order valence-corrected chi connectivity index (χ2v) is 9.32. The van der Waals surface area contributed by atoms with Crippen molar-refractivity contribution < 1.29 is 14.6 Å². The monoisotopic (exact) mass is 502 g/mol. The molecule has 1 aliphatic rings. The fourth-order valence-electron chi connectivity index (χ4n) is 4.45. The molecule has 1 saturated heterocycles. The number of hydrogen-bond donors (Lipinski definition) is 1. The molecule has 8 heteroatoms. The summed E-state index contributed by atoms with van der Waals surface area (Å²) in [5.74, 6) is 0.147. The summed E-state index contributed by atoms with van der Waals surface area (Å²) in [6.07, 6.45) is 3.56. The van der Waals surface area contributed by atoms with Gasteiger partial charge in [0.05, 0.1) is 12.2 Å². The first-order valence-electron chi connectivity index (χ1n) is 12.0. The molecule has 0 saturated carbocycles. The third kappa shape index (κ3) is 5.42. The van der Waals surface area contributed by atoms with Gasteiger partial charge >= 0.3 is 0 Å². The van der Waals surface area contributed by atoms with Crippen molar-refractivity contribution in [2.45, 2.75) is 32.5 Å². The summed E-state index contributed by atoms with van der Waals surface area (Å²) in [5, 5.41) is 20.5. The van der Waals surface area contributed by atoms with Crippen molar-refractivity contribution in [1.29, 1.82) is 0 Å². The average Bonchev–Trinajstić information content (AvgIpc) is 3.17. The minimum atomic E-state index is -0.497. The van der Waals surface area contributed by atoms with Crippen LogP contribution in [0.2, 0.25) is 5.02 Å². The van der Waals surface area contributed by atoms with E-state index in [0.717, 1.165) is 42.4 Å². The van der Waals surface area contributed by atoms with E-state index in [2.05, 4.69) is 15.1 Å². The number of para-hydroxylation sites is 1. The van der Waals surface area contributed by atoms with Gasteiger partial charge in [-0.15, -0.1) is 10.2 Å². The summed E-state index contributed by atoms with van der Waals surface area (Å²) >= 11 is 6.01. The Hall–Kier alpha value is -3.68. The van der Waals surface area contributed by atoms with Gasteiger partial charge in [0.15, 0.2) is 5.69 Å². The highest BCUT2D eigenvalue weighted by atomic mass is 35.5. The quantitative estimate of drug-likeness (QED) is 0.277. The largest absolute Gasteiger partial charge is 0.493 e. The lowest BCUT2D eigenvalue weighted by molar-refractivity contribution is 0.0995. The zero-order valence-corrected chi connectivity index (χ0v) is 20.6. The van der Waals surface area contributed by atoms with Gasteiger partial charge in [0.1, 0.15) is 12.4 Å². The number of fused-ring (bicyclic) bond motifs is 1. The molecule has 0 unspecified atom stereocenters. The lowest BCUT2D eigenvalue weighted by Crippen LogP contribution is -2.31. The maximum absolute atomic E-state index is 12.7. The number of carbonyl (C=O) groups is 1. The Kier molecular flexibility index (Phi) is 7.30. The maximum atomic E-state index is 12.7. The number of aromatic hydroxyl groups is 1. The number of azo groups is 1. The van der Waals surface area contributed by atoms with Gasteiger partial charge in [0, 0.05) is 16.0 Å². The van der Waals surface area contributed by atoms with E-state index in [-0.39, 0.29) is 5.88 Å². The molecule has 0 aliphatic carbocycles. The van der Waals surface area contributed by atoms with Crippen molar-refractivity contribution in [3.05, 3.63) is 88.9 Å². The van der Waals surface area contributed by atoms with Crippen molar-refractivity contribution in [2.24, 2.45) is 10.2 Å². The first-order valence-corrected chi connectivity index (χ1v) is 12.4. The van der Waals surface area contributed by atoms with Crippen molar-refractivity contribution in [3.63, 3.8) is 0 Å². The standard InChI is InChI=1S/C28H27ClN4O3/c29-22-8-6-7-20(17-22)18-36-23-13-11-21(12-14-23)27(34)31-30-26-24-9-2-3-10-25(24)33(28(26)35)19-32-15-4-1-5-16-32/h2-3,6-14,17,35H,1,4-5,15-16,18-19H2. The number of piperidine rings is 1. The third-order valence-corrected chi connectivity index (χ3v) is 6.58. The van der Waals surface area contributed by atoms with Crippen LogP contribution in [-0.4, -0.2) is 33.6 Å². The number of rotatable bonds is 7. The molecule has 1 aromatic heterocycles. The molecule has 0 spiro atoms. The lowest BCUT2D eigenvalue weighted by atomic mass is 10.1. The van der Waals surface area contributed by atoms with Crippen LogP contribution in [0.5, 0.6) is 11.6 Å². The second-order valence-electron chi connectivity index (χ2n) is 8.89. The number of ether oxygens (including phenoxy) is 1. The number of amides is 1. The Morgan fingerprint density at radius 1 is 0.972 bits per heavy atom. The van der Waals surface area contributed by atoms with Gasteiger partial charge in [-0.2, -0.15) is 0 Å². The molecule has 4 aromatic rings. The third-order valence-electron chi connectivity index (χ3n) is 6.34. The molecule has 2 heterocycles. The van der Waals surface area contributed by atoms with Crippen LogP contribution < -0.4 is 4.74 Å². The van der Waals surface area contributed by atoms with Crippen LogP contribution in [-0.2, 0) is 13.3 Å². The molecule has 1 N–H and O–H groups in total. The van der Waals surface area contributed by atoms with Crippen LogP contribution in [0.25, 0.3) is 10.9 Å². The van der Waals surface area contributed by atoms with Crippen molar-refractivity contribution >= 4 is 34.1 Å². The number of hydrogen-bond acceptors (Lipinski definition) is 5. The lowest BCUT2D eigenvalue weighted by Gasteiger charge is -2.27. The van der Waals surface area contributed by atoms with Crippen LogP contribution in [0.3, 0.4) is 0 Å². The summed E-state index contributed by atoms with van der Waals surface area (Å²) in [6, 6.07) is 21.8. The Labute approximate surface area is 214 Å². The van der Waals surface area contributed by atoms with E-state index in [0.29, 0.717) is 35.3 Å². The molecule has 1 aliphatic heterocycles. The normalized spacial score (nSPS) is 14.5. The Balaban J connectivity index is 1.30. The van der Waals surface area contributed by atoms with Gasteiger partial charge in [-0.3, -0.25) is 14.3 Å². The molecule has 0 atom stereocenters. The summed E-state index contributed by atoms with van der Waals surface area (Å²) in [4.78, 5) is 15.0. The van der Waals surface area contributed by atoms with E-state index in [1.165, 1.54) is 6.42 Å². The number of aromatic nitrogens is 1. The number of halogens is 1. The number of likely N-dealkylation sites (tertiary alicyclic amines) is 1. The summed E-state index contributed by atoms with van der Waals surface area (Å²) in [6.45, 7) is 2.95. The first-order chi connectivity index (χ1) is 17.6. The SMILES string of the molecule is O=C(N=Nc1c(O)n(CN2CCCCC2)c2ccccc12)c1ccc(OCc2cccc(Cl)c2)cc1. The van der Waals surface area contributed by atoms with Gasteiger partial charge in [0.25, 0.3) is 5.91 Å². The first kappa shape index (κ1) is 24.0. The van der Waals surface area contributed by atoms with Gasteiger partial charge in [-0.1, -0.05) is 48.4 Å². The Morgan fingerprint density at radius 2 is 1.75 bits per heavy atom. The number of benzene rings is 3. The van der Waals surface area contributed by atoms with Gasteiger partial charge in [0.2, 0.25) is 5.88 Å². The predicted molar refractivity (Wildman–Crippen MR) is 140 cm³/mol. The van der Waals surface area contributed by atoms with Crippen molar-refractivity contribution in [1.82, 2.24) is 9.47 Å². The molecule has 3 aromatic carbocycles. The minimum absolute atomic E-state index is 0.0167. The molecule has 36 heavy (non-hydrogen) atoms. The molecule has 0 bridgehead atoms.